The molecular weight excluding hydrogens is 580 g/mol. The molecule has 0 aliphatic heterocycles. The molecule has 46 heavy (non-hydrogen) atoms. The normalized spacial score (nSPS) is 10.7. The van der Waals surface area contributed by atoms with E-state index in [2.05, 4.69) is 4.89 Å². The van der Waals surface area contributed by atoms with Gasteiger partial charge in [-0.2, -0.15) is 0 Å². The maximum absolute atomic E-state index is 13.0. The Morgan fingerprint density at radius 1 is 0.522 bits per heavy atom. The molecular formula is C39H28O7. The molecule has 0 heterocycles. The van der Waals surface area contributed by atoms with Gasteiger partial charge in [-0.1, -0.05) is 97.1 Å². The van der Waals surface area contributed by atoms with Gasteiger partial charge in [0.2, 0.25) is 0 Å². The van der Waals surface area contributed by atoms with E-state index < -0.39 is 11.9 Å². The zero-order valence-electron chi connectivity index (χ0n) is 24.5. The largest absolute Gasteiger partial charge is 0.478 e. The molecule has 0 saturated carbocycles. The maximum atomic E-state index is 13.0. The van der Waals surface area contributed by atoms with Crippen LogP contribution in [0.4, 0.5) is 0 Å². The summed E-state index contributed by atoms with van der Waals surface area (Å²) >= 11 is 0. The van der Waals surface area contributed by atoms with Gasteiger partial charge in [-0.05, 0) is 81.9 Å². The van der Waals surface area contributed by atoms with Gasteiger partial charge < -0.3 is 14.6 Å². The third kappa shape index (κ3) is 6.87. The Morgan fingerprint density at radius 3 is 1.59 bits per heavy atom. The summed E-state index contributed by atoms with van der Waals surface area (Å²) in [5.41, 5.74) is 5.88. The highest BCUT2D eigenvalue weighted by molar-refractivity contribution is 6.04. The van der Waals surface area contributed by atoms with Crippen LogP contribution in [0.2, 0.25) is 0 Å². The molecule has 7 heteroatoms. The van der Waals surface area contributed by atoms with Gasteiger partial charge >= 0.3 is 11.9 Å². The number of esters is 1. The van der Waals surface area contributed by atoms with E-state index >= 15 is 0 Å². The molecule has 0 unspecified atom stereocenters. The average molecular weight is 609 g/mol. The predicted octanol–water partition coefficient (Wildman–Crippen LogP) is 9.39. The van der Waals surface area contributed by atoms with Crippen LogP contribution in [-0.2, 0) is 11.5 Å². The number of hydrogen-bond acceptors (Lipinski definition) is 6. The van der Waals surface area contributed by atoms with Crippen LogP contribution in [-0.4, -0.2) is 22.3 Å². The second-order valence-corrected chi connectivity index (χ2v) is 10.4. The number of carboxylic acid groups (broad SMARTS) is 1. The molecule has 0 radical (unpaired) electrons. The summed E-state index contributed by atoms with van der Waals surface area (Å²) in [7, 11) is 0. The second kappa shape index (κ2) is 13.7. The topological polar surface area (TPSA) is 102 Å². The lowest BCUT2D eigenvalue weighted by Crippen LogP contribution is -2.14. The summed E-state index contributed by atoms with van der Waals surface area (Å²) in [4.78, 5) is 29.4. The summed E-state index contributed by atoms with van der Waals surface area (Å²) < 4.78 is 11.6. The lowest BCUT2D eigenvalue weighted by Gasteiger charge is -2.13. The first-order valence-electron chi connectivity index (χ1n) is 14.5. The molecule has 0 amide bonds. The molecule has 0 atom stereocenters. The van der Waals surface area contributed by atoms with E-state index in [1.165, 1.54) is 12.1 Å². The Labute approximate surface area is 265 Å². The maximum Gasteiger partial charge on any atom is 0.344 e. The van der Waals surface area contributed by atoms with Crippen molar-refractivity contribution in [3.8, 4) is 50.6 Å². The first-order chi connectivity index (χ1) is 22.5. The highest BCUT2D eigenvalue weighted by Crippen LogP contribution is 2.32. The molecule has 0 fully saturated rings. The van der Waals surface area contributed by atoms with Crippen molar-refractivity contribution < 1.29 is 34.3 Å². The first-order valence-corrected chi connectivity index (χ1v) is 14.5. The average Bonchev–Trinajstić information content (AvgIpc) is 3.10. The van der Waals surface area contributed by atoms with E-state index in [-0.39, 0.29) is 23.5 Å². The van der Waals surface area contributed by atoms with Gasteiger partial charge in [-0.15, -0.1) is 0 Å². The quantitative estimate of drug-likeness (QED) is 0.0691. The van der Waals surface area contributed by atoms with Gasteiger partial charge in [-0.25, -0.2) is 14.5 Å². The first kappa shape index (κ1) is 30.0. The van der Waals surface area contributed by atoms with Gasteiger partial charge in [0.25, 0.3) is 0 Å². The van der Waals surface area contributed by atoms with Crippen LogP contribution in [0.1, 0.15) is 26.3 Å². The van der Waals surface area contributed by atoms with Gasteiger partial charge in [0, 0.05) is 5.56 Å². The van der Waals surface area contributed by atoms with E-state index in [1.807, 2.05) is 115 Å². The van der Waals surface area contributed by atoms with Crippen LogP contribution in [0.25, 0.3) is 33.4 Å². The Hall–Kier alpha value is -6.02. The summed E-state index contributed by atoms with van der Waals surface area (Å²) in [5.74, 6) is -0.514. The number of rotatable bonds is 10. The fourth-order valence-electron chi connectivity index (χ4n) is 5.10. The smallest absolute Gasteiger partial charge is 0.344 e. The van der Waals surface area contributed by atoms with E-state index in [9.17, 15) is 14.7 Å². The summed E-state index contributed by atoms with van der Waals surface area (Å²) in [6, 6.07) is 44.1. The Morgan fingerprint density at radius 2 is 1.02 bits per heavy atom. The monoisotopic (exact) mass is 608 g/mol. The second-order valence-electron chi connectivity index (χ2n) is 10.4. The van der Waals surface area contributed by atoms with E-state index in [0.717, 1.165) is 27.8 Å². The van der Waals surface area contributed by atoms with Crippen molar-refractivity contribution in [1.29, 1.82) is 0 Å². The van der Waals surface area contributed by atoms with Crippen molar-refractivity contribution in [2.24, 2.45) is 0 Å². The lowest BCUT2D eigenvalue weighted by atomic mass is 9.99. The Balaban J connectivity index is 1.14. The van der Waals surface area contributed by atoms with Crippen molar-refractivity contribution >= 4 is 11.9 Å². The lowest BCUT2D eigenvalue weighted by molar-refractivity contribution is -0.253. The van der Waals surface area contributed by atoms with Crippen LogP contribution in [0.3, 0.4) is 0 Å². The molecule has 0 saturated heterocycles. The summed E-state index contributed by atoms with van der Waals surface area (Å²) in [6.07, 6.45) is 0. The van der Waals surface area contributed by atoms with Crippen LogP contribution >= 0.6 is 0 Å². The number of ether oxygens (including phenoxy) is 2. The van der Waals surface area contributed by atoms with Crippen LogP contribution in [0.15, 0.2) is 146 Å². The third-order valence-electron chi connectivity index (χ3n) is 7.44. The van der Waals surface area contributed by atoms with Crippen molar-refractivity contribution in [2.45, 2.75) is 6.61 Å². The van der Waals surface area contributed by atoms with Crippen molar-refractivity contribution in [2.75, 3.05) is 0 Å². The van der Waals surface area contributed by atoms with Gasteiger partial charge in [0.05, 0.1) is 11.1 Å². The minimum atomic E-state index is -1.21. The fraction of sp³-hybridized carbons (Fsp3) is 0.0256. The summed E-state index contributed by atoms with van der Waals surface area (Å²) in [6.45, 7) is -0.0262. The summed E-state index contributed by atoms with van der Waals surface area (Å²) in [5, 5.41) is 18.9. The van der Waals surface area contributed by atoms with Gasteiger partial charge in [0.15, 0.2) is 0 Å². The molecule has 6 rings (SSSR count). The van der Waals surface area contributed by atoms with Gasteiger partial charge in [-0.3, -0.25) is 5.26 Å². The molecule has 6 aromatic rings. The van der Waals surface area contributed by atoms with Crippen molar-refractivity contribution in [3.63, 3.8) is 0 Å². The van der Waals surface area contributed by atoms with E-state index in [1.54, 1.807) is 18.2 Å². The molecule has 226 valence electrons. The molecule has 0 aliphatic rings. The SMILES string of the molecule is O=C(O)c1cc(-c2ccccc2)ccc1C(=O)Oc1ccc(-c2ccc(Oc3ccc(-c4ccccc4)cc3COO)cc2)cc1. The zero-order valence-corrected chi connectivity index (χ0v) is 24.5. The van der Waals surface area contributed by atoms with Crippen LogP contribution in [0.5, 0.6) is 17.2 Å². The molecule has 7 nitrogen and oxygen atoms in total. The Bertz CT molecular complexity index is 1970. The minimum Gasteiger partial charge on any atom is -0.478 e. The Kier molecular flexibility index (Phi) is 8.97. The van der Waals surface area contributed by atoms with E-state index in [0.29, 0.717) is 22.6 Å². The molecule has 0 spiro atoms. The van der Waals surface area contributed by atoms with E-state index in [4.69, 9.17) is 14.7 Å². The molecule has 6 aromatic carbocycles. The number of carbonyl (C=O) groups is 2. The predicted molar refractivity (Wildman–Crippen MR) is 175 cm³/mol. The van der Waals surface area contributed by atoms with Crippen LogP contribution < -0.4 is 9.47 Å². The number of carboxylic acids is 1. The standard InChI is InChI=1S/C39H28O7/c40-38(41)36-24-31(27-9-5-2-6-10-27)15-21-35(36)39(42)46-34-19-13-29(14-20-34)28-11-17-33(18-12-28)45-37-22-16-30(23-32(37)25-44-43)26-7-3-1-4-8-26/h1-24,43H,25H2,(H,40,41). The number of benzene rings is 6. The highest BCUT2D eigenvalue weighted by atomic mass is 17.1. The molecule has 0 bridgehead atoms. The number of aromatic carboxylic acids is 1. The molecule has 0 aliphatic carbocycles. The van der Waals surface area contributed by atoms with Crippen molar-refractivity contribution in [3.05, 3.63) is 162 Å². The molecule has 2 N–H and O–H groups in total. The highest BCUT2D eigenvalue weighted by Gasteiger charge is 2.20. The number of carbonyl (C=O) groups excluding carboxylic acids is 1. The van der Waals surface area contributed by atoms with Crippen LogP contribution in [0, 0.1) is 0 Å². The fourth-order valence-corrected chi connectivity index (χ4v) is 5.10. The van der Waals surface area contributed by atoms with Gasteiger partial charge in [0.1, 0.15) is 23.9 Å². The van der Waals surface area contributed by atoms with Crippen molar-refractivity contribution in [1.82, 2.24) is 0 Å². The third-order valence-corrected chi connectivity index (χ3v) is 7.44. The molecule has 0 aromatic heterocycles. The zero-order chi connectivity index (χ0) is 31.9. The number of hydrogen-bond donors (Lipinski definition) is 2. The minimum absolute atomic E-state index is 0.0262.